The summed E-state index contributed by atoms with van der Waals surface area (Å²) in [5.41, 5.74) is 1.12. The molecule has 2 aromatic rings. The van der Waals surface area contributed by atoms with Crippen molar-refractivity contribution in [2.45, 2.75) is 19.4 Å². The maximum absolute atomic E-state index is 5.37. The van der Waals surface area contributed by atoms with E-state index in [1.165, 1.54) is 25.9 Å². The van der Waals surface area contributed by atoms with Crippen LogP contribution in [0.25, 0.3) is 4.96 Å². The van der Waals surface area contributed by atoms with Crippen molar-refractivity contribution in [3.8, 4) is 5.88 Å². The summed E-state index contributed by atoms with van der Waals surface area (Å²) in [5.74, 6) is 1.54. The van der Waals surface area contributed by atoms with E-state index in [4.69, 9.17) is 4.74 Å². The number of hydrogen-bond acceptors (Lipinski definition) is 5. The summed E-state index contributed by atoms with van der Waals surface area (Å²) >= 11 is 1.64. The molecule has 1 aliphatic rings. The number of thiazole rings is 1. The molecular weight excluding hydrogens is 272 g/mol. The van der Waals surface area contributed by atoms with Crippen molar-refractivity contribution in [2.75, 3.05) is 33.8 Å². The fourth-order valence-corrected chi connectivity index (χ4v) is 3.52. The third kappa shape index (κ3) is 2.82. The Morgan fingerprint density at radius 1 is 1.45 bits per heavy atom. The van der Waals surface area contributed by atoms with Crippen molar-refractivity contribution in [1.82, 2.24) is 19.6 Å². The van der Waals surface area contributed by atoms with Crippen molar-refractivity contribution >= 4 is 16.3 Å². The first-order valence-corrected chi connectivity index (χ1v) is 8.03. The minimum atomic E-state index is 0.743. The maximum atomic E-state index is 5.37. The number of aromatic nitrogens is 2. The monoisotopic (exact) mass is 294 g/mol. The van der Waals surface area contributed by atoms with Crippen molar-refractivity contribution in [2.24, 2.45) is 5.92 Å². The standard InChI is InChI=1S/C14H22N4OS/c1-17-5-3-11(4-6-17)9-15-10-12-13(19-2)16-14-18(12)7-8-20-14/h7-8,11,15H,3-6,9-10H2,1-2H3. The zero-order chi connectivity index (χ0) is 13.9. The second-order valence-corrected chi connectivity index (χ2v) is 6.37. The smallest absolute Gasteiger partial charge is 0.237 e. The van der Waals surface area contributed by atoms with Gasteiger partial charge >= 0.3 is 0 Å². The van der Waals surface area contributed by atoms with Gasteiger partial charge < -0.3 is 15.0 Å². The van der Waals surface area contributed by atoms with Gasteiger partial charge in [0, 0.05) is 18.1 Å². The van der Waals surface area contributed by atoms with Gasteiger partial charge in [0.15, 0.2) is 4.96 Å². The fourth-order valence-electron chi connectivity index (χ4n) is 2.80. The van der Waals surface area contributed by atoms with Crippen LogP contribution in [0.1, 0.15) is 18.5 Å². The van der Waals surface area contributed by atoms with E-state index in [-0.39, 0.29) is 0 Å². The first-order chi connectivity index (χ1) is 9.78. The molecule has 0 aromatic carbocycles. The number of imidazole rings is 1. The molecule has 3 heterocycles. The molecule has 6 heteroatoms. The highest BCUT2D eigenvalue weighted by Gasteiger charge is 2.17. The van der Waals surface area contributed by atoms with Crippen LogP contribution in [0.15, 0.2) is 11.6 Å². The Kier molecular flexibility index (Phi) is 4.24. The zero-order valence-corrected chi connectivity index (χ0v) is 12.9. The molecule has 0 bridgehead atoms. The number of likely N-dealkylation sites (tertiary alicyclic amines) is 1. The highest BCUT2D eigenvalue weighted by atomic mass is 32.1. The summed E-state index contributed by atoms with van der Waals surface area (Å²) in [6.45, 7) is 4.33. The van der Waals surface area contributed by atoms with Crippen LogP contribution >= 0.6 is 11.3 Å². The van der Waals surface area contributed by atoms with Crippen molar-refractivity contribution in [3.05, 3.63) is 17.3 Å². The first-order valence-electron chi connectivity index (χ1n) is 7.15. The maximum Gasteiger partial charge on any atom is 0.237 e. The Balaban J connectivity index is 1.58. The van der Waals surface area contributed by atoms with Gasteiger partial charge in [0.05, 0.1) is 7.11 Å². The average Bonchev–Trinajstić information content (AvgIpc) is 3.02. The number of hydrogen-bond donors (Lipinski definition) is 1. The van der Waals surface area contributed by atoms with Crippen LogP contribution < -0.4 is 10.1 Å². The molecule has 110 valence electrons. The second-order valence-electron chi connectivity index (χ2n) is 5.50. The molecule has 5 nitrogen and oxygen atoms in total. The molecule has 0 aliphatic carbocycles. The number of methoxy groups -OCH3 is 1. The van der Waals surface area contributed by atoms with Crippen molar-refractivity contribution in [1.29, 1.82) is 0 Å². The van der Waals surface area contributed by atoms with Gasteiger partial charge in [-0.15, -0.1) is 11.3 Å². The van der Waals surface area contributed by atoms with Crippen LogP contribution in [-0.2, 0) is 6.54 Å². The van der Waals surface area contributed by atoms with Gasteiger partial charge in [-0.05, 0) is 45.4 Å². The number of nitrogens with zero attached hydrogens (tertiary/aromatic N) is 3. The molecule has 0 atom stereocenters. The van der Waals surface area contributed by atoms with E-state index in [9.17, 15) is 0 Å². The number of nitrogens with one attached hydrogen (secondary N) is 1. The van der Waals surface area contributed by atoms with E-state index in [1.807, 2.05) is 0 Å². The summed E-state index contributed by atoms with van der Waals surface area (Å²) in [6.07, 6.45) is 4.64. The molecule has 0 saturated carbocycles. The molecular formula is C14H22N4OS. The average molecular weight is 294 g/mol. The lowest BCUT2D eigenvalue weighted by Gasteiger charge is -2.29. The van der Waals surface area contributed by atoms with Crippen LogP contribution in [-0.4, -0.2) is 48.1 Å². The Hall–Kier alpha value is -1.11. The summed E-state index contributed by atoms with van der Waals surface area (Å²) in [6, 6.07) is 0. The Morgan fingerprint density at radius 3 is 3.00 bits per heavy atom. The largest absolute Gasteiger partial charge is 0.480 e. The molecule has 20 heavy (non-hydrogen) atoms. The van der Waals surface area contributed by atoms with E-state index < -0.39 is 0 Å². The van der Waals surface area contributed by atoms with Gasteiger partial charge in [-0.3, -0.25) is 4.40 Å². The second kappa shape index (κ2) is 6.11. The predicted octanol–water partition coefficient (Wildman–Crippen LogP) is 1.84. The van der Waals surface area contributed by atoms with Gasteiger partial charge in [0.2, 0.25) is 5.88 Å². The highest BCUT2D eigenvalue weighted by Crippen LogP contribution is 2.23. The molecule has 3 rings (SSSR count). The molecule has 1 aliphatic heterocycles. The Bertz CT molecular complexity index is 557. The molecule has 0 amide bonds. The zero-order valence-electron chi connectivity index (χ0n) is 12.1. The number of piperidine rings is 1. The van der Waals surface area contributed by atoms with Gasteiger partial charge in [-0.2, -0.15) is 4.98 Å². The first kappa shape index (κ1) is 13.9. The van der Waals surface area contributed by atoms with Crippen LogP contribution in [0.2, 0.25) is 0 Å². The lowest BCUT2D eigenvalue weighted by atomic mass is 9.97. The van der Waals surface area contributed by atoms with Gasteiger partial charge in [-0.1, -0.05) is 0 Å². The van der Waals surface area contributed by atoms with E-state index >= 15 is 0 Å². The molecule has 0 spiro atoms. The number of fused-ring (bicyclic) bond motifs is 1. The topological polar surface area (TPSA) is 41.8 Å². The summed E-state index contributed by atoms with van der Waals surface area (Å²) in [7, 11) is 3.89. The van der Waals surface area contributed by atoms with Gasteiger partial charge in [0.25, 0.3) is 0 Å². The van der Waals surface area contributed by atoms with E-state index in [0.29, 0.717) is 0 Å². The number of rotatable bonds is 5. The fraction of sp³-hybridized carbons (Fsp3) is 0.643. The SMILES string of the molecule is COc1nc2sccn2c1CNCC1CCN(C)CC1. The predicted molar refractivity (Wildman–Crippen MR) is 81.5 cm³/mol. The van der Waals surface area contributed by atoms with Crippen LogP contribution in [0.4, 0.5) is 0 Å². The van der Waals surface area contributed by atoms with E-state index in [2.05, 4.69) is 38.2 Å². The lowest BCUT2D eigenvalue weighted by Crippen LogP contribution is -2.34. The van der Waals surface area contributed by atoms with Crippen LogP contribution in [0, 0.1) is 5.92 Å². The van der Waals surface area contributed by atoms with E-state index in [1.54, 1.807) is 18.4 Å². The quantitative estimate of drug-likeness (QED) is 0.913. The number of ether oxygens (including phenoxy) is 1. The molecule has 1 saturated heterocycles. The molecule has 1 fully saturated rings. The van der Waals surface area contributed by atoms with E-state index in [0.717, 1.165) is 35.5 Å². The van der Waals surface area contributed by atoms with Crippen molar-refractivity contribution in [3.63, 3.8) is 0 Å². The lowest BCUT2D eigenvalue weighted by molar-refractivity contribution is 0.215. The summed E-state index contributed by atoms with van der Waals surface area (Å²) < 4.78 is 7.49. The minimum absolute atomic E-state index is 0.743. The molecule has 0 radical (unpaired) electrons. The third-order valence-electron chi connectivity index (χ3n) is 4.08. The molecule has 1 N–H and O–H groups in total. The normalized spacial score (nSPS) is 17.9. The van der Waals surface area contributed by atoms with Crippen LogP contribution in [0.5, 0.6) is 5.88 Å². The Labute approximate surface area is 123 Å². The third-order valence-corrected chi connectivity index (χ3v) is 4.84. The minimum Gasteiger partial charge on any atom is -0.480 e. The highest BCUT2D eigenvalue weighted by molar-refractivity contribution is 7.15. The molecule has 0 unspecified atom stereocenters. The van der Waals surface area contributed by atoms with Gasteiger partial charge in [0.1, 0.15) is 5.69 Å². The van der Waals surface area contributed by atoms with Crippen molar-refractivity contribution < 1.29 is 4.74 Å². The van der Waals surface area contributed by atoms with Crippen LogP contribution in [0.3, 0.4) is 0 Å². The van der Waals surface area contributed by atoms with Gasteiger partial charge in [-0.25, -0.2) is 0 Å². The summed E-state index contributed by atoms with van der Waals surface area (Å²) in [5, 5.41) is 5.63. The molecule has 2 aromatic heterocycles. The Morgan fingerprint density at radius 2 is 2.25 bits per heavy atom. The summed E-state index contributed by atoms with van der Waals surface area (Å²) in [4.78, 5) is 7.89.